The number of carbonyl (C=O) groups excluding carboxylic acids is 1. The fraction of sp³-hybridized carbons (Fsp3) is 0.344. The third kappa shape index (κ3) is 5.01. The lowest BCUT2D eigenvalue weighted by Gasteiger charge is -2.33. The van der Waals surface area contributed by atoms with Gasteiger partial charge < -0.3 is 24.8 Å². The molecule has 1 fully saturated rings. The van der Waals surface area contributed by atoms with E-state index in [0.29, 0.717) is 11.8 Å². The lowest BCUT2D eigenvalue weighted by Crippen LogP contribution is -2.34. The number of aromatic nitrogens is 1. The van der Waals surface area contributed by atoms with Crippen molar-refractivity contribution >= 4 is 28.2 Å². The zero-order valence-electron chi connectivity index (χ0n) is 22.1. The van der Waals surface area contributed by atoms with E-state index in [4.69, 9.17) is 4.74 Å². The van der Waals surface area contributed by atoms with Gasteiger partial charge >= 0.3 is 0 Å². The van der Waals surface area contributed by atoms with E-state index in [1.54, 1.807) is 0 Å². The van der Waals surface area contributed by atoms with Crippen molar-refractivity contribution in [2.75, 3.05) is 29.9 Å². The highest BCUT2D eigenvalue weighted by Crippen LogP contribution is 2.36. The topological polar surface area (TPSA) is 58.5 Å². The molecule has 2 aliphatic rings. The second-order valence-electron chi connectivity index (χ2n) is 10.3. The monoisotopic (exact) mass is 508 g/mol. The average Bonchev–Trinajstić information content (AvgIpc) is 3.34. The number of anilines is 2. The van der Waals surface area contributed by atoms with Gasteiger partial charge in [-0.3, -0.25) is 4.79 Å². The summed E-state index contributed by atoms with van der Waals surface area (Å²) in [5, 5.41) is 7.74. The molecule has 1 amide bonds. The number of nitrogens with one attached hydrogen (secondary N) is 2. The van der Waals surface area contributed by atoms with Crippen molar-refractivity contribution in [3.63, 3.8) is 0 Å². The summed E-state index contributed by atoms with van der Waals surface area (Å²) in [4.78, 5) is 16.0. The standard InChI is InChI=1S/C32H36N4O2/c1-2-36-29-11-4-3-7-25(29)21-30(36)32(37)34-28-10-5-8-24-9-6-20-35(31(24)28)22-23-12-14-26(15-13-23)38-27-16-18-33-19-17-27/h3-5,7-8,10-15,21,27,33H,2,6,9,16-20,22H2,1H3,(H,34,37). The molecular formula is C32H36N4O2. The van der Waals surface area contributed by atoms with E-state index in [2.05, 4.69) is 75.6 Å². The predicted octanol–water partition coefficient (Wildman–Crippen LogP) is 6.00. The second-order valence-corrected chi connectivity index (χ2v) is 10.3. The first kappa shape index (κ1) is 24.6. The molecule has 1 aromatic heterocycles. The highest BCUT2D eigenvalue weighted by molar-refractivity contribution is 6.08. The van der Waals surface area contributed by atoms with Crippen molar-refractivity contribution in [2.24, 2.45) is 0 Å². The summed E-state index contributed by atoms with van der Waals surface area (Å²) >= 11 is 0. The molecule has 1 saturated heterocycles. The van der Waals surface area contributed by atoms with Gasteiger partial charge in [-0.1, -0.05) is 42.5 Å². The third-order valence-electron chi connectivity index (χ3n) is 7.80. The molecule has 0 radical (unpaired) electrons. The maximum Gasteiger partial charge on any atom is 0.272 e. The largest absolute Gasteiger partial charge is 0.490 e. The van der Waals surface area contributed by atoms with Crippen molar-refractivity contribution in [1.82, 2.24) is 9.88 Å². The molecule has 2 N–H and O–H groups in total. The lowest BCUT2D eigenvalue weighted by atomic mass is 9.99. The fourth-order valence-electron chi connectivity index (χ4n) is 5.92. The van der Waals surface area contributed by atoms with E-state index in [-0.39, 0.29) is 5.91 Å². The Morgan fingerprint density at radius 1 is 1.03 bits per heavy atom. The van der Waals surface area contributed by atoms with E-state index in [1.807, 2.05) is 24.3 Å². The molecule has 196 valence electrons. The Labute approximate surface area is 224 Å². The van der Waals surface area contributed by atoms with Gasteiger partial charge in [0.2, 0.25) is 0 Å². The number of hydrogen-bond donors (Lipinski definition) is 2. The fourth-order valence-corrected chi connectivity index (χ4v) is 5.92. The lowest BCUT2D eigenvalue weighted by molar-refractivity contribution is 0.101. The van der Waals surface area contributed by atoms with Gasteiger partial charge in [0.25, 0.3) is 5.91 Å². The first-order valence-corrected chi connectivity index (χ1v) is 13.9. The van der Waals surface area contributed by atoms with Crippen LogP contribution >= 0.6 is 0 Å². The Morgan fingerprint density at radius 2 is 1.84 bits per heavy atom. The molecule has 2 aliphatic heterocycles. The maximum absolute atomic E-state index is 13.5. The average molecular weight is 509 g/mol. The van der Waals surface area contributed by atoms with Crippen LogP contribution in [-0.2, 0) is 19.5 Å². The normalized spacial score (nSPS) is 15.9. The number of amides is 1. The Hall–Kier alpha value is -3.77. The van der Waals surface area contributed by atoms with Crippen LogP contribution in [0.4, 0.5) is 11.4 Å². The highest BCUT2D eigenvalue weighted by atomic mass is 16.5. The number of para-hydroxylation sites is 2. The van der Waals surface area contributed by atoms with Crippen LogP contribution in [0.2, 0.25) is 0 Å². The molecular weight excluding hydrogens is 472 g/mol. The van der Waals surface area contributed by atoms with Crippen LogP contribution in [0.15, 0.2) is 72.8 Å². The van der Waals surface area contributed by atoms with Gasteiger partial charge in [0.1, 0.15) is 17.5 Å². The van der Waals surface area contributed by atoms with Gasteiger partial charge in [-0.05, 0) is 87.2 Å². The van der Waals surface area contributed by atoms with Crippen molar-refractivity contribution in [2.45, 2.75) is 51.8 Å². The first-order valence-electron chi connectivity index (χ1n) is 13.9. The molecule has 3 aromatic carbocycles. The van der Waals surface area contributed by atoms with E-state index in [1.165, 1.54) is 11.1 Å². The Kier molecular flexibility index (Phi) is 7.06. The quantitative estimate of drug-likeness (QED) is 0.322. The maximum atomic E-state index is 13.5. The van der Waals surface area contributed by atoms with Gasteiger partial charge in [-0.2, -0.15) is 0 Å². The summed E-state index contributed by atoms with van der Waals surface area (Å²) in [6.45, 7) is 6.63. The predicted molar refractivity (Wildman–Crippen MR) is 154 cm³/mol. The molecule has 6 nitrogen and oxygen atoms in total. The Morgan fingerprint density at radius 3 is 2.66 bits per heavy atom. The minimum absolute atomic E-state index is 0.0682. The molecule has 0 saturated carbocycles. The molecule has 0 spiro atoms. The SMILES string of the molecule is CCn1c(C(=O)Nc2cccc3c2N(Cc2ccc(OC4CCNCC4)cc2)CCC3)cc2ccccc21. The van der Waals surface area contributed by atoms with Gasteiger partial charge in [-0.15, -0.1) is 0 Å². The summed E-state index contributed by atoms with van der Waals surface area (Å²) in [6.07, 6.45) is 4.53. The Balaban J connectivity index is 1.22. The summed E-state index contributed by atoms with van der Waals surface area (Å²) in [5.74, 6) is 0.875. The van der Waals surface area contributed by atoms with Gasteiger partial charge in [0.15, 0.2) is 0 Å². The number of nitrogens with zero attached hydrogens (tertiary/aromatic N) is 2. The van der Waals surface area contributed by atoms with Crippen molar-refractivity contribution in [3.05, 3.63) is 89.6 Å². The summed E-state index contributed by atoms with van der Waals surface area (Å²) in [6, 6.07) is 25.0. The van der Waals surface area contributed by atoms with Crippen LogP contribution in [0.5, 0.6) is 5.75 Å². The minimum atomic E-state index is -0.0682. The number of piperidine rings is 1. The summed E-state index contributed by atoms with van der Waals surface area (Å²) in [7, 11) is 0. The summed E-state index contributed by atoms with van der Waals surface area (Å²) in [5.41, 5.74) is 6.33. The highest BCUT2D eigenvalue weighted by Gasteiger charge is 2.23. The second kappa shape index (κ2) is 10.9. The number of aryl methyl sites for hydroxylation is 2. The molecule has 3 heterocycles. The van der Waals surface area contributed by atoms with Gasteiger partial charge in [0.05, 0.1) is 11.4 Å². The van der Waals surface area contributed by atoms with E-state index in [0.717, 1.165) is 86.4 Å². The molecule has 0 unspecified atom stereocenters. The van der Waals surface area contributed by atoms with Crippen molar-refractivity contribution in [3.8, 4) is 5.75 Å². The molecule has 0 bridgehead atoms. The number of fused-ring (bicyclic) bond motifs is 2. The zero-order valence-corrected chi connectivity index (χ0v) is 22.1. The van der Waals surface area contributed by atoms with Crippen LogP contribution in [-0.4, -0.2) is 36.2 Å². The summed E-state index contributed by atoms with van der Waals surface area (Å²) < 4.78 is 8.29. The van der Waals surface area contributed by atoms with Crippen LogP contribution < -0.4 is 20.3 Å². The number of benzene rings is 3. The zero-order chi connectivity index (χ0) is 25.9. The first-order chi connectivity index (χ1) is 18.7. The van der Waals surface area contributed by atoms with Crippen LogP contribution in [0.1, 0.15) is 47.8 Å². The van der Waals surface area contributed by atoms with Crippen molar-refractivity contribution < 1.29 is 9.53 Å². The third-order valence-corrected chi connectivity index (χ3v) is 7.80. The van der Waals surface area contributed by atoms with Gasteiger partial charge in [0, 0.05) is 30.5 Å². The molecule has 38 heavy (non-hydrogen) atoms. The number of ether oxygens (including phenoxy) is 1. The molecule has 4 aromatic rings. The van der Waals surface area contributed by atoms with E-state index in [9.17, 15) is 4.79 Å². The number of rotatable bonds is 7. The van der Waals surface area contributed by atoms with Crippen LogP contribution in [0.25, 0.3) is 10.9 Å². The molecule has 0 atom stereocenters. The van der Waals surface area contributed by atoms with E-state index >= 15 is 0 Å². The molecule has 0 aliphatic carbocycles. The van der Waals surface area contributed by atoms with Crippen LogP contribution in [0.3, 0.4) is 0 Å². The molecule has 6 rings (SSSR count). The van der Waals surface area contributed by atoms with Crippen LogP contribution in [0, 0.1) is 0 Å². The number of carbonyl (C=O) groups is 1. The number of hydrogen-bond acceptors (Lipinski definition) is 4. The smallest absolute Gasteiger partial charge is 0.272 e. The molecule has 6 heteroatoms. The van der Waals surface area contributed by atoms with Gasteiger partial charge in [-0.25, -0.2) is 0 Å². The Bertz CT molecular complexity index is 1420. The van der Waals surface area contributed by atoms with E-state index < -0.39 is 0 Å². The minimum Gasteiger partial charge on any atom is -0.490 e. The van der Waals surface area contributed by atoms with Crippen molar-refractivity contribution in [1.29, 1.82) is 0 Å².